The Morgan fingerprint density at radius 2 is 1.92 bits per heavy atom. The van der Waals surface area contributed by atoms with Crippen LogP contribution in [0.5, 0.6) is 0 Å². The molecule has 2 aliphatic heterocycles. The Bertz CT molecular complexity index is 478. The zero-order chi connectivity index (χ0) is 18.5. The Balaban J connectivity index is 1.65. The quantitative estimate of drug-likeness (QED) is 0.174. The number of unbranched alkanes of at least 4 members (excludes halogenated alkanes) is 1. The first-order chi connectivity index (χ1) is 12.8. The lowest BCUT2D eigenvalue weighted by atomic mass is 10.1. The summed E-state index contributed by atoms with van der Waals surface area (Å²) in [5.41, 5.74) is 0. The number of hydrogen-bond donors (Lipinski definition) is 0. The molecule has 0 spiro atoms. The van der Waals surface area contributed by atoms with Gasteiger partial charge in [0.1, 0.15) is 6.10 Å². The maximum Gasteiger partial charge on any atom is 0.306 e. The molecule has 0 aromatic carbocycles. The molecule has 0 saturated carbocycles. The Hall–Kier alpha value is -1.35. The summed E-state index contributed by atoms with van der Waals surface area (Å²) in [4.78, 5) is 11.9. The summed E-state index contributed by atoms with van der Waals surface area (Å²) < 4.78 is 11.2. The van der Waals surface area contributed by atoms with Gasteiger partial charge in [-0.15, -0.1) is 0 Å². The van der Waals surface area contributed by atoms with E-state index < -0.39 is 0 Å². The van der Waals surface area contributed by atoms with Crippen molar-refractivity contribution in [2.75, 3.05) is 0 Å². The second-order valence-corrected chi connectivity index (χ2v) is 7.43. The van der Waals surface area contributed by atoms with E-state index >= 15 is 0 Å². The van der Waals surface area contributed by atoms with Crippen LogP contribution >= 0.6 is 0 Å². The van der Waals surface area contributed by atoms with Gasteiger partial charge in [-0.1, -0.05) is 56.6 Å². The minimum absolute atomic E-state index is 0.0660. The highest BCUT2D eigenvalue weighted by Gasteiger charge is 2.36. The van der Waals surface area contributed by atoms with Gasteiger partial charge in [0.2, 0.25) is 0 Å². The van der Waals surface area contributed by atoms with E-state index in [1.54, 1.807) is 0 Å². The van der Waals surface area contributed by atoms with Crippen LogP contribution in [-0.2, 0) is 14.3 Å². The molecule has 1 fully saturated rings. The van der Waals surface area contributed by atoms with Crippen LogP contribution in [0.1, 0.15) is 84.0 Å². The minimum atomic E-state index is -0.141. The smallest absolute Gasteiger partial charge is 0.306 e. The van der Waals surface area contributed by atoms with Crippen LogP contribution in [0.2, 0.25) is 0 Å². The Labute approximate surface area is 159 Å². The molecule has 26 heavy (non-hydrogen) atoms. The van der Waals surface area contributed by atoms with Gasteiger partial charge in [0.15, 0.2) is 0 Å². The molecule has 146 valence electrons. The molecule has 3 nitrogen and oxygen atoms in total. The van der Waals surface area contributed by atoms with Crippen molar-refractivity contribution in [2.24, 2.45) is 0 Å². The van der Waals surface area contributed by atoms with Gasteiger partial charge in [-0.2, -0.15) is 0 Å². The van der Waals surface area contributed by atoms with Gasteiger partial charge in [-0.3, -0.25) is 4.79 Å². The first-order valence-corrected chi connectivity index (χ1v) is 10.6. The Morgan fingerprint density at radius 1 is 1.08 bits per heavy atom. The number of carbonyl (C=O) groups excluding carboxylic acids is 1. The molecule has 2 heterocycles. The summed E-state index contributed by atoms with van der Waals surface area (Å²) >= 11 is 0. The molecule has 0 aliphatic carbocycles. The van der Waals surface area contributed by atoms with Gasteiger partial charge >= 0.3 is 5.97 Å². The molecule has 0 aromatic rings. The first-order valence-electron chi connectivity index (χ1n) is 10.6. The van der Waals surface area contributed by atoms with E-state index in [-0.39, 0.29) is 12.1 Å². The van der Waals surface area contributed by atoms with Gasteiger partial charge in [0.25, 0.3) is 0 Å². The summed E-state index contributed by atoms with van der Waals surface area (Å²) in [6.07, 6.45) is 26.4. The fraction of sp³-hybridized carbons (Fsp3) is 0.696. The summed E-state index contributed by atoms with van der Waals surface area (Å²) in [6.45, 7) is 2.21. The molecule has 2 aliphatic rings. The van der Waals surface area contributed by atoms with Crippen molar-refractivity contribution in [3.63, 3.8) is 0 Å². The van der Waals surface area contributed by atoms with E-state index in [0.29, 0.717) is 18.6 Å². The zero-order valence-electron chi connectivity index (χ0n) is 16.4. The van der Waals surface area contributed by atoms with Crippen LogP contribution in [0.3, 0.4) is 0 Å². The number of allylic oxidation sites excluding steroid dienone is 4. The standard InChI is InChI=1S/C23H36O3/c1-2-15-21-22(26-21)18-13-9-6-8-12-17-20-16-11-7-4-3-5-10-14-19-23(24)25-20/h6-8,11-12,17,20-22H,2-5,9-10,13-16,18-19H2,1H3/b8-6?,11-7-,17-12?. The number of hydrogen-bond acceptors (Lipinski definition) is 3. The normalized spacial score (nSPS) is 29.3. The van der Waals surface area contributed by atoms with E-state index in [2.05, 4.69) is 31.2 Å². The SMILES string of the molecule is CCCC1OC1CCCC=CC=CC1C/C=C\CCCCCCC(=O)O1. The molecular weight excluding hydrogens is 324 g/mol. The molecule has 0 aromatic heterocycles. The number of rotatable bonds is 8. The molecule has 3 atom stereocenters. The molecular formula is C23H36O3. The molecule has 3 heteroatoms. The van der Waals surface area contributed by atoms with Crippen LogP contribution in [-0.4, -0.2) is 24.3 Å². The average molecular weight is 361 g/mol. The lowest BCUT2D eigenvalue weighted by Gasteiger charge is -2.13. The fourth-order valence-electron chi connectivity index (χ4n) is 3.40. The van der Waals surface area contributed by atoms with Crippen molar-refractivity contribution in [1.82, 2.24) is 0 Å². The predicted octanol–water partition coefficient (Wildman–Crippen LogP) is 6.05. The van der Waals surface area contributed by atoms with E-state index in [1.165, 1.54) is 38.5 Å². The predicted molar refractivity (Wildman–Crippen MR) is 107 cm³/mol. The second kappa shape index (κ2) is 12.9. The van der Waals surface area contributed by atoms with Crippen molar-refractivity contribution in [1.29, 1.82) is 0 Å². The molecule has 2 rings (SSSR count). The van der Waals surface area contributed by atoms with Crippen molar-refractivity contribution in [3.05, 3.63) is 36.5 Å². The van der Waals surface area contributed by atoms with Crippen molar-refractivity contribution in [2.45, 2.75) is 102 Å². The monoisotopic (exact) mass is 360 g/mol. The molecule has 0 radical (unpaired) electrons. The van der Waals surface area contributed by atoms with Crippen molar-refractivity contribution >= 4 is 5.97 Å². The molecule has 0 amide bonds. The number of esters is 1. The third kappa shape index (κ3) is 9.38. The first kappa shape index (κ1) is 21.0. The Morgan fingerprint density at radius 3 is 2.81 bits per heavy atom. The summed E-state index contributed by atoms with van der Waals surface area (Å²) in [6, 6.07) is 0. The van der Waals surface area contributed by atoms with E-state index in [9.17, 15) is 4.79 Å². The zero-order valence-corrected chi connectivity index (χ0v) is 16.4. The van der Waals surface area contributed by atoms with Crippen LogP contribution in [0.25, 0.3) is 0 Å². The Kier molecular flexibility index (Phi) is 10.4. The van der Waals surface area contributed by atoms with Gasteiger partial charge in [0, 0.05) is 12.8 Å². The topological polar surface area (TPSA) is 38.8 Å². The number of cyclic esters (lactones) is 1. The number of epoxide rings is 1. The average Bonchev–Trinajstić information content (AvgIpc) is 3.36. The lowest BCUT2D eigenvalue weighted by Crippen LogP contribution is -2.15. The van der Waals surface area contributed by atoms with E-state index in [0.717, 1.165) is 32.1 Å². The maximum atomic E-state index is 11.9. The van der Waals surface area contributed by atoms with Crippen LogP contribution in [0.4, 0.5) is 0 Å². The second-order valence-electron chi connectivity index (χ2n) is 7.43. The van der Waals surface area contributed by atoms with E-state index in [1.807, 2.05) is 12.2 Å². The van der Waals surface area contributed by atoms with Crippen LogP contribution < -0.4 is 0 Å². The van der Waals surface area contributed by atoms with Gasteiger partial charge in [-0.05, 0) is 51.0 Å². The lowest BCUT2D eigenvalue weighted by molar-refractivity contribution is -0.146. The summed E-state index contributed by atoms with van der Waals surface area (Å²) in [5, 5.41) is 0. The maximum absolute atomic E-state index is 11.9. The third-order valence-corrected chi connectivity index (χ3v) is 5.01. The minimum Gasteiger partial charge on any atom is -0.458 e. The van der Waals surface area contributed by atoms with E-state index in [4.69, 9.17) is 9.47 Å². The highest BCUT2D eigenvalue weighted by molar-refractivity contribution is 5.69. The molecule has 0 N–H and O–H groups in total. The fourth-order valence-corrected chi connectivity index (χ4v) is 3.40. The molecule has 0 bridgehead atoms. The van der Waals surface area contributed by atoms with Crippen LogP contribution in [0, 0.1) is 0 Å². The van der Waals surface area contributed by atoms with Gasteiger partial charge in [0.05, 0.1) is 12.2 Å². The van der Waals surface area contributed by atoms with Crippen LogP contribution in [0.15, 0.2) is 36.5 Å². The largest absolute Gasteiger partial charge is 0.458 e. The van der Waals surface area contributed by atoms with Gasteiger partial charge < -0.3 is 9.47 Å². The third-order valence-electron chi connectivity index (χ3n) is 5.01. The number of ether oxygens (including phenoxy) is 2. The van der Waals surface area contributed by atoms with Gasteiger partial charge in [-0.25, -0.2) is 0 Å². The highest BCUT2D eigenvalue weighted by atomic mass is 16.6. The molecule has 1 saturated heterocycles. The van der Waals surface area contributed by atoms with Crippen molar-refractivity contribution in [3.8, 4) is 0 Å². The summed E-state index contributed by atoms with van der Waals surface area (Å²) in [7, 11) is 0. The molecule has 3 unspecified atom stereocenters. The van der Waals surface area contributed by atoms with Crippen molar-refractivity contribution < 1.29 is 14.3 Å². The summed E-state index contributed by atoms with van der Waals surface area (Å²) in [5.74, 6) is -0.0660. The number of carbonyl (C=O) groups is 1. The highest BCUT2D eigenvalue weighted by Crippen LogP contribution is 2.30.